The molecule has 1 nitrogen and oxygen atoms in total. The largest absolute Gasteiger partial charge is 0.245 e. The first-order chi connectivity index (χ1) is 9.22. The molecule has 1 aromatic heterocycles. The number of halogens is 1. The van der Waals surface area contributed by atoms with Gasteiger partial charge in [-0.05, 0) is 29.7 Å². The highest BCUT2D eigenvalue weighted by Gasteiger charge is 2.12. The van der Waals surface area contributed by atoms with Gasteiger partial charge in [0.25, 0.3) is 0 Å². The van der Waals surface area contributed by atoms with E-state index in [0.29, 0.717) is 0 Å². The average Bonchev–Trinajstić information content (AvgIpc) is 2.85. The smallest absolute Gasteiger partial charge is 0.0897 e. The molecular formula is C16H14ClNS. The standard InChI is InChI=1S/C16H14ClNS/c1-11-18-16(10-19-11)15(17)9-12-6-7-13-4-2-3-5-14(13)8-12/h2-8,10,15H,9H2,1H3. The van der Waals surface area contributed by atoms with Crippen molar-refractivity contribution >= 4 is 33.7 Å². The Bertz CT molecular complexity index is 705. The number of rotatable bonds is 3. The predicted octanol–water partition coefficient (Wildman–Crippen LogP) is 5.13. The molecule has 0 saturated heterocycles. The van der Waals surface area contributed by atoms with E-state index in [-0.39, 0.29) is 5.38 Å². The van der Waals surface area contributed by atoms with Gasteiger partial charge in [0.2, 0.25) is 0 Å². The lowest BCUT2D eigenvalue weighted by Crippen LogP contribution is -1.96. The van der Waals surface area contributed by atoms with E-state index in [4.69, 9.17) is 11.6 Å². The minimum absolute atomic E-state index is 0.0499. The minimum Gasteiger partial charge on any atom is -0.245 e. The Morgan fingerprint density at radius 1 is 1.16 bits per heavy atom. The van der Waals surface area contributed by atoms with Crippen molar-refractivity contribution in [3.63, 3.8) is 0 Å². The van der Waals surface area contributed by atoms with Crippen molar-refractivity contribution in [1.29, 1.82) is 0 Å². The van der Waals surface area contributed by atoms with Crippen LogP contribution in [0.5, 0.6) is 0 Å². The molecule has 0 radical (unpaired) electrons. The highest BCUT2D eigenvalue weighted by Crippen LogP contribution is 2.27. The predicted molar refractivity (Wildman–Crippen MR) is 83.1 cm³/mol. The molecule has 0 aliphatic rings. The fourth-order valence-electron chi connectivity index (χ4n) is 2.20. The maximum absolute atomic E-state index is 6.45. The number of thiazole rings is 1. The van der Waals surface area contributed by atoms with Crippen LogP contribution in [-0.2, 0) is 6.42 Å². The van der Waals surface area contributed by atoms with Crippen LogP contribution in [0.1, 0.15) is 21.6 Å². The summed E-state index contributed by atoms with van der Waals surface area (Å²) in [6.07, 6.45) is 0.815. The molecule has 0 spiro atoms. The first-order valence-corrected chi connectivity index (χ1v) is 7.58. The Morgan fingerprint density at radius 2 is 1.95 bits per heavy atom. The normalized spacial score (nSPS) is 12.7. The van der Waals surface area contributed by atoms with Crippen molar-refractivity contribution in [1.82, 2.24) is 4.98 Å². The van der Waals surface area contributed by atoms with E-state index in [1.54, 1.807) is 11.3 Å². The lowest BCUT2D eigenvalue weighted by Gasteiger charge is -2.08. The van der Waals surface area contributed by atoms with Crippen molar-refractivity contribution in [2.75, 3.05) is 0 Å². The lowest BCUT2D eigenvalue weighted by molar-refractivity contribution is 0.884. The van der Waals surface area contributed by atoms with Gasteiger partial charge in [-0.3, -0.25) is 0 Å². The topological polar surface area (TPSA) is 12.9 Å². The summed E-state index contributed by atoms with van der Waals surface area (Å²) in [4.78, 5) is 4.46. The lowest BCUT2D eigenvalue weighted by atomic mass is 10.0. The summed E-state index contributed by atoms with van der Waals surface area (Å²) >= 11 is 8.10. The Balaban J connectivity index is 1.84. The number of aromatic nitrogens is 1. The molecule has 19 heavy (non-hydrogen) atoms. The number of nitrogens with zero attached hydrogens (tertiary/aromatic N) is 1. The van der Waals surface area contributed by atoms with Gasteiger partial charge in [0.15, 0.2) is 0 Å². The van der Waals surface area contributed by atoms with Crippen LogP contribution >= 0.6 is 22.9 Å². The molecule has 1 heterocycles. The molecule has 3 aromatic rings. The zero-order valence-electron chi connectivity index (χ0n) is 10.6. The Labute approximate surface area is 121 Å². The highest BCUT2D eigenvalue weighted by atomic mass is 35.5. The molecule has 1 unspecified atom stereocenters. The van der Waals surface area contributed by atoms with Gasteiger partial charge in [-0.2, -0.15) is 0 Å². The fourth-order valence-corrected chi connectivity index (χ4v) is 3.23. The van der Waals surface area contributed by atoms with E-state index < -0.39 is 0 Å². The third-order valence-electron chi connectivity index (χ3n) is 3.19. The highest BCUT2D eigenvalue weighted by molar-refractivity contribution is 7.09. The number of aryl methyl sites for hydroxylation is 1. The maximum Gasteiger partial charge on any atom is 0.0897 e. The van der Waals surface area contributed by atoms with Gasteiger partial charge < -0.3 is 0 Å². The van der Waals surface area contributed by atoms with E-state index in [2.05, 4.69) is 47.4 Å². The number of hydrogen-bond acceptors (Lipinski definition) is 2. The van der Waals surface area contributed by atoms with Crippen molar-refractivity contribution in [3.05, 3.63) is 64.1 Å². The van der Waals surface area contributed by atoms with E-state index in [0.717, 1.165) is 17.1 Å². The molecule has 0 saturated carbocycles. The second-order valence-electron chi connectivity index (χ2n) is 4.64. The van der Waals surface area contributed by atoms with Crippen LogP contribution < -0.4 is 0 Å². The second kappa shape index (κ2) is 5.32. The number of benzene rings is 2. The minimum atomic E-state index is -0.0499. The first-order valence-electron chi connectivity index (χ1n) is 6.26. The van der Waals surface area contributed by atoms with Gasteiger partial charge in [0.05, 0.1) is 16.1 Å². The monoisotopic (exact) mass is 287 g/mol. The van der Waals surface area contributed by atoms with E-state index >= 15 is 0 Å². The molecule has 0 aliphatic carbocycles. The van der Waals surface area contributed by atoms with E-state index in [9.17, 15) is 0 Å². The molecule has 3 heteroatoms. The molecular weight excluding hydrogens is 274 g/mol. The van der Waals surface area contributed by atoms with Gasteiger partial charge in [-0.1, -0.05) is 42.5 Å². The molecule has 96 valence electrons. The van der Waals surface area contributed by atoms with Gasteiger partial charge in [-0.25, -0.2) is 4.98 Å². The molecule has 1 atom stereocenters. The molecule has 2 aromatic carbocycles. The second-order valence-corrected chi connectivity index (χ2v) is 6.23. The van der Waals surface area contributed by atoms with Gasteiger partial charge in [-0.15, -0.1) is 22.9 Å². The summed E-state index contributed by atoms with van der Waals surface area (Å²) in [6, 6.07) is 14.9. The third kappa shape index (κ3) is 2.80. The van der Waals surface area contributed by atoms with Crippen molar-refractivity contribution in [2.24, 2.45) is 0 Å². The summed E-state index contributed by atoms with van der Waals surface area (Å²) in [7, 11) is 0. The number of hydrogen-bond donors (Lipinski definition) is 0. The molecule has 0 N–H and O–H groups in total. The van der Waals surface area contributed by atoms with Crippen molar-refractivity contribution < 1.29 is 0 Å². The van der Waals surface area contributed by atoms with E-state index in [1.165, 1.54) is 16.3 Å². The zero-order valence-corrected chi connectivity index (χ0v) is 12.2. The molecule has 0 bridgehead atoms. The summed E-state index contributed by atoms with van der Waals surface area (Å²) in [5.74, 6) is 0. The first kappa shape index (κ1) is 12.6. The Morgan fingerprint density at radius 3 is 2.68 bits per heavy atom. The molecule has 3 rings (SSSR count). The van der Waals surface area contributed by atoms with E-state index in [1.807, 2.05) is 12.3 Å². The number of alkyl halides is 1. The van der Waals surface area contributed by atoms with Crippen LogP contribution in [0.25, 0.3) is 10.8 Å². The van der Waals surface area contributed by atoms with Gasteiger partial charge >= 0.3 is 0 Å². The fraction of sp³-hybridized carbons (Fsp3) is 0.188. The van der Waals surface area contributed by atoms with Crippen LogP contribution in [-0.4, -0.2) is 4.98 Å². The van der Waals surface area contributed by atoms with Crippen LogP contribution in [0, 0.1) is 6.92 Å². The molecule has 0 fully saturated rings. The van der Waals surface area contributed by atoms with Crippen LogP contribution in [0.3, 0.4) is 0 Å². The van der Waals surface area contributed by atoms with Crippen LogP contribution in [0.4, 0.5) is 0 Å². The van der Waals surface area contributed by atoms with Crippen LogP contribution in [0.2, 0.25) is 0 Å². The average molecular weight is 288 g/mol. The third-order valence-corrected chi connectivity index (χ3v) is 4.36. The molecule has 0 amide bonds. The summed E-state index contributed by atoms with van der Waals surface area (Å²) in [5.41, 5.74) is 2.24. The van der Waals surface area contributed by atoms with Crippen molar-refractivity contribution in [3.8, 4) is 0 Å². The maximum atomic E-state index is 6.45. The van der Waals surface area contributed by atoms with Gasteiger partial charge in [0, 0.05) is 5.38 Å². The molecule has 0 aliphatic heterocycles. The summed E-state index contributed by atoms with van der Waals surface area (Å²) in [6.45, 7) is 2.01. The quantitative estimate of drug-likeness (QED) is 0.609. The summed E-state index contributed by atoms with van der Waals surface area (Å²) < 4.78 is 0. The Hall–Kier alpha value is -1.38. The van der Waals surface area contributed by atoms with Gasteiger partial charge in [0.1, 0.15) is 0 Å². The van der Waals surface area contributed by atoms with Crippen LogP contribution in [0.15, 0.2) is 47.8 Å². The Kier molecular flexibility index (Phi) is 3.54. The number of fused-ring (bicyclic) bond motifs is 1. The SMILES string of the molecule is Cc1nc(C(Cl)Cc2ccc3ccccc3c2)cs1. The van der Waals surface area contributed by atoms with Crippen molar-refractivity contribution in [2.45, 2.75) is 18.7 Å². The zero-order chi connectivity index (χ0) is 13.2. The summed E-state index contributed by atoms with van der Waals surface area (Å²) in [5, 5.41) is 5.60.